The Labute approximate surface area is 243 Å². The summed E-state index contributed by atoms with van der Waals surface area (Å²) in [6.45, 7) is 5.39. The summed E-state index contributed by atoms with van der Waals surface area (Å²) in [6, 6.07) is 19.4. The van der Waals surface area contributed by atoms with Gasteiger partial charge in [0.15, 0.2) is 0 Å². The molecule has 0 N–H and O–H groups in total. The molecule has 0 aliphatic carbocycles. The maximum absolute atomic E-state index is 6.02. The maximum Gasteiger partial charge on any atom is 0.125 e. The lowest BCUT2D eigenvalue weighted by Crippen LogP contribution is -2.34. The van der Waals surface area contributed by atoms with Crippen LogP contribution in [-0.2, 0) is 18.9 Å². The summed E-state index contributed by atoms with van der Waals surface area (Å²) < 4.78 is 33.9. The van der Waals surface area contributed by atoms with E-state index in [1.807, 2.05) is 0 Å². The Hall–Kier alpha value is -3.30. The molecule has 2 aliphatic rings. The van der Waals surface area contributed by atoms with Gasteiger partial charge >= 0.3 is 0 Å². The lowest BCUT2D eigenvalue weighted by molar-refractivity contribution is 0.0702. The summed E-state index contributed by atoms with van der Waals surface area (Å²) in [7, 11) is 6.91. The molecule has 0 atom stereocenters. The van der Waals surface area contributed by atoms with Crippen molar-refractivity contribution in [2.24, 2.45) is 0 Å². The second-order valence-electron chi connectivity index (χ2n) is 10.1. The molecule has 2 heterocycles. The second-order valence-corrected chi connectivity index (χ2v) is 10.1. The zero-order valence-corrected chi connectivity index (χ0v) is 24.7. The summed E-state index contributed by atoms with van der Waals surface area (Å²) >= 11 is 0. The van der Waals surface area contributed by atoms with Crippen molar-refractivity contribution >= 4 is 22.7 Å². The highest BCUT2D eigenvalue weighted by atomic mass is 16.5. The Morgan fingerprint density at radius 2 is 0.927 bits per heavy atom. The van der Waals surface area contributed by atoms with Crippen molar-refractivity contribution in [2.75, 3.05) is 91.0 Å². The van der Waals surface area contributed by atoms with E-state index in [0.29, 0.717) is 39.6 Å². The maximum atomic E-state index is 6.02. The van der Waals surface area contributed by atoms with E-state index in [2.05, 4.69) is 64.4 Å². The Bertz CT molecular complexity index is 1200. The molecular formula is C33H42N2O6. The minimum absolute atomic E-state index is 0.0260. The molecule has 3 aromatic carbocycles. The minimum Gasteiger partial charge on any atom is -0.496 e. The largest absolute Gasteiger partial charge is 0.496 e. The molecule has 8 nitrogen and oxygen atoms in total. The van der Waals surface area contributed by atoms with E-state index in [1.165, 1.54) is 28.1 Å². The third-order valence-electron chi connectivity index (χ3n) is 7.82. The molecule has 0 bridgehead atoms. The Kier molecular flexibility index (Phi) is 10.0. The number of benzene rings is 3. The standard InChI is InChI=1S/C33H42N2O6/c1-36-20-22-40-18-8-16-34-24-10-5-11-25-30(24)33(31-26(34)12-6-14-28(31)38-3)32-27(13-7-15-29(32)39-4)35(25)17-9-19-41-23-21-37-2/h5-7,10-15,33H,8-9,16-23H2,1-4H3. The van der Waals surface area contributed by atoms with E-state index in [9.17, 15) is 0 Å². The highest BCUT2D eigenvalue weighted by Crippen LogP contribution is 2.60. The first kappa shape index (κ1) is 29.2. The van der Waals surface area contributed by atoms with Gasteiger partial charge in [0.1, 0.15) is 11.5 Å². The first-order valence-corrected chi connectivity index (χ1v) is 14.4. The molecule has 2 aliphatic heterocycles. The number of hydrogen-bond acceptors (Lipinski definition) is 8. The van der Waals surface area contributed by atoms with Gasteiger partial charge in [-0.25, -0.2) is 0 Å². The zero-order chi connectivity index (χ0) is 28.6. The minimum atomic E-state index is -0.0260. The van der Waals surface area contributed by atoms with E-state index >= 15 is 0 Å². The topological polar surface area (TPSA) is 61.9 Å². The van der Waals surface area contributed by atoms with Crippen molar-refractivity contribution < 1.29 is 28.4 Å². The number of anilines is 4. The van der Waals surface area contributed by atoms with Gasteiger partial charge in [0, 0.05) is 85.9 Å². The number of ether oxygens (including phenoxy) is 6. The average molecular weight is 563 g/mol. The van der Waals surface area contributed by atoms with Crippen LogP contribution in [-0.4, -0.2) is 81.2 Å². The summed E-state index contributed by atoms with van der Waals surface area (Å²) in [5.74, 6) is 1.74. The Morgan fingerprint density at radius 1 is 0.512 bits per heavy atom. The first-order valence-electron chi connectivity index (χ1n) is 14.4. The number of rotatable bonds is 16. The predicted molar refractivity (Wildman–Crippen MR) is 162 cm³/mol. The summed E-state index contributed by atoms with van der Waals surface area (Å²) in [5, 5.41) is 0. The van der Waals surface area contributed by atoms with Gasteiger partial charge in [-0.05, 0) is 49.2 Å². The molecule has 0 spiro atoms. The van der Waals surface area contributed by atoms with Crippen LogP contribution in [0.15, 0.2) is 54.6 Å². The normalized spacial score (nSPS) is 13.6. The molecule has 3 aromatic rings. The van der Waals surface area contributed by atoms with Crippen molar-refractivity contribution in [3.63, 3.8) is 0 Å². The first-order chi connectivity index (χ1) is 20.2. The van der Waals surface area contributed by atoms with Crippen LogP contribution in [0, 0.1) is 0 Å². The smallest absolute Gasteiger partial charge is 0.125 e. The van der Waals surface area contributed by atoms with Crippen molar-refractivity contribution in [2.45, 2.75) is 18.8 Å². The van der Waals surface area contributed by atoms with E-state index in [1.54, 1.807) is 28.4 Å². The molecule has 0 radical (unpaired) electrons. The van der Waals surface area contributed by atoms with Gasteiger partial charge in [-0.3, -0.25) is 0 Å². The SMILES string of the molecule is COCCOCCCN1c2cccc(OC)c2C2c3c(OC)cccc3N(CCCOCCOC)c3cccc1c32. The molecule has 8 heteroatoms. The summed E-state index contributed by atoms with van der Waals surface area (Å²) in [5.41, 5.74) is 8.36. The van der Waals surface area contributed by atoms with Crippen molar-refractivity contribution in [3.05, 3.63) is 71.3 Å². The highest BCUT2D eigenvalue weighted by molar-refractivity contribution is 5.91. The molecule has 0 fully saturated rings. The molecule has 0 saturated carbocycles. The van der Waals surface area contributed by atoms with Crippen molar-refractivity contribution in [1.29, 1.82) is 0 Å². The van der Waals surface area contributed by atoms with E-state index in [4.69, 9.17) is 28.4 Å². The fraction of sp³-hybridized carbons (Fsp3) is 0.455. The van der Waals surface area contributed by atoms with Crippen LogP contribution in [0.5, 0.6) is 11.5 Å². The van der Waals surface area contributed by atoms with Crippen LogP contribution in [0.1, 0.15) is 35.4 Å². The third-order valence-corrected chi connectivity index (χ3v) is 7.82. The molecule has 0 unspecified atom stereocenters. The number of hydrogen-bond donors (Lipinski definition) is 0. The Morgan fingerprint density at radius 3 is 1.34 bits per heavy atom. The third kappa shape index (κ3) is 5.88. The lowest BCUT2D eigenvalue weighted by Gasteiger charge is -2.45. The molecule has 0 amide bonds. The number of nitrogens with zero attached hydrogens (tertiary/aromatic N) is 2. The molecule has 0 aromatic heterocycles. The van der Waals surface area contributed by atoms with Gasteiger partial charge in [-0.2, -0.15) is 0 Å². The number of methoxy groups -OCH3 is 4. The number of fused-ring (bicyclic) bond motifs is 4. The van der Waals surface area contributed by atoms with E-state index < -0.39 is 0 Å². The van der Waals surface area contributed by atoms with Crippen LogP contribution in [0.2, 0.25) is 0 Å². The van der Waals surface area contributed by atoms with Crippen molar-refractivity contribution in [1.82, 2.24) is 0 Å². The van der Waals surface area contributed by atoms with Crippen LogP contribution < -0.4 is 19.3 Å². The van der Waals surface area contributed by atoms with Gasteiger partial charge in [0.2, 0.25) is 0 Å². The molecule has 220 valence electrons. The van der Waals surface area contributed by atoms with Gasteiger partial charge in [0.05, 0.1) is 40.6 Å². The van der Waals surface area contributed by atoms with Crippen LogP contribution in [0.4, 0.5) is 22.7 Å². The molecular weight excluding hydrogens is 520 g/mol. The molecule has 5 rings (SSSR count). The molecule has 41 heavy (non-hydrogen) atoms. The predicted octanol–water partition coefficient (Wildman–Crippen LogP) is 5.89. The second kappa shape index (κ2) is 14.0. The monoisotopic (exact) mass is 562 g/mol. The highest BCUT2D eigenvalue weighted by Gasteiger charge is 2.42. The zero-order valence-electron chi connectivity index (χ0n) is 24.7. The fourth-order valence-electron chi connectivity index (χ4n) is 6.09. The Balaban J connectivity index is 1.57. The fourth-order valence-corrected chi connectivity index (χ4v) is 6.09. The van der Waals surface area contributed by atoms with Gasteiger partial charge in [-0.15, -0.1) is 0 Å². The summed E-state index contributed by atoms with van der Waals surface area (Å²) in [6.07, 6.45) is 1.77. The van der Waals surface area contributed by atoms with Crippen LogP contribution in [0.3, 0.4) is 0 Å². The summed E-state index contributed by atoms with van der Waals surface area (Å²) in [4.78, 5) is 4.86. The van der Waals surface area contributed by atoms with E-state index in [0.717, 1.165) is 48.8 Å². The van der Waals surface area contributed by atoms with Crippen LogP contribution in [0.25, 0.3) is 0 Å². The average Bonchev–Trinajstić information content (AvgIpc) is 3.01. The molecule has 0 saturated heterocycles. The van der Waals surface area contributed by atoms with Gasteiger partial charge in [-0.1, -0.05) is 18.2 Å². The van der Waals surface area contributed by atoms with E-state index in [-0.39, 0.29) is 5.92 Å². The van der Waals surface area contributed by atoms with Crippen molar-refractivity contribution in [3.8, 4) is 11.5 Å². The van der Waals surface area contributed by atoms with Gasteiger partial charge < -0.3 is 38.2 Å². The quantitative estimate of drug-likeness (QED) is 0.200. The van der Waals surface area contributed by atoms with Crippen LogP contribution >= 0.6 is 0 Å². The lowest BCUT2D eigenvalue weighted by atomic mass is 9.75. The van der Waals surface area contributed by atoms with Gasteiger partial charge in [0.25, 0.3) is 0 Å².